The summed E-state index contributed by atoms with van der Waals surface area (Å²) in [5.41, 5.74) is 3.53. The van der Waals surface area contributed by atoms with Crippen LogP contribution in [0.15, 0.2) is 28.7 Å². The monoisotopic (exact) mass is 258 g/mol. The largest absolute Gasteiger partial charge is 0.478 e. The second-order valence-electron chi connectivity index (χ2n) is 4.30. The maximum Gasteiger partial charge on any atom is 0.328 e. The molecule has 0 amide bonds. The lowest BCUT2D eigenvalue weighted by atomic mass is 10.0. The van der Waals surface area contributed by atoms with E-state index in [9.17, 15) is 4.79 Å². The number of aromatic nitrogens is 2. The quantitative estimate of drug-likeness (QED) is 0.852. The van der Waals surface area contributed by atoms with Crippen LogP contribution >= 0.6 is 0 Å². The topological polar surface area (TPSA) is 76.2 Å². The Balaban J connectivity index is 2.11. The highest BCUT2D eigenvalue weighted by Gasteiger charge is 2.06. The van der Waals surface area contributed by atoms with Crippen molar-refractivity contribution in [2.24, 2.45) is 0 Å². The van der Waals surface area contributed by atoms with Crippen molar-refractivity contribution < 1.29 is 14.3 Å². The van der Waals surface area contributed by atoms with Crippen LogP contribution in [-0.2, 0) is 11.2 Å². The molecule has 1 heterocycles. The van der Waals surface area contributed by atoms with Gasteiger partial charge in [-0.1, -0.05) is 18.2 Å². The summed E-state index contributed by atoms with van der Waals surface area (Å²) in [6.07, 6.45) is 2.78. The van der Waals surface area contributed by atoms with Gasteiger partial charge in [0, 0.05) is 12.2 Å². The van der Waals surface area contributed by atoms with Crippen molar-refractivity contribution in [3.05, 3.63) is 52.7 Å². The van der Waals surface area contributed by atoms with Crippen molar-refractivity contribution in [1.29, 1.82) is 0 Å². The van der Waals surface area contributed by atoms with Gasteiger partial charge in [-0.25, -0.2) is 4.79 Å². The van der Waals surface area contributed by atoms with Gasteiger partial charge in [-0.05, 0) is 30.5 Å². The SMILES string of the molecule is Cc1ccc(Cc2nnc(/C=C/C(=O)O)o2)cc1C. The first-order valence-electron chi connectivity index (χ1n) is 5.84. The highest BCUT2D eigenvalue weighted by molar-refractivity contribution is 5.84. The van der Waals surface area contributed by atoms with Gasteiger partial charge in [-0.15, -0.1) is 10.2 Å². The second-order valence-corrected chi connectivity index (χ2v) is 4.30. The van der Waals surface area contributed by atoms with Crippen LogP contribution in [0.3, 0.4) is 0 Å². The van der Waals surface area contributed by atoms with Crippen LogP contribution in [0.4, 0.5) is 0 Å². The van der Waals surface area contributed by atoms with E-state index in [1.807, 2.05) is 19.1 Å². The number of aryl methyl sites for hydroxylation is 2. The van der Waals surface area contributed by atoms with Gasteiger partial charge in [-0.2, -0.15) is 0 Å². The molecule has 0 aliphatic heterocycles. The molecule has 19 heavy (non-hydrogen) atoms. The Morgan fingerprint density at radius 2 is 2.11 bits per heavy atom. The lowest BCUT2D eigenvalue weighted by Crippen LogP contribution is -1.90. The van der Waals surface area contributed by atoms with Crippen molar-refractivity contribution in [3.63, 3.8) is 0 Å². The fourth-order valence-electron chi connectivity index (χ4n) is 1.64. The number of benzene rings is 1. The third-order valence-electron chi connectivity index (χ3n) is 2.78. The summed E-state index contributed by atoms with van der Waals surface area (Å²) >= 11 is 0. The summed E-state index contributed by atoms with van der Waals surface area (Å²) in [6.45, 7) is 4.11. The van der Waals surface area contributed by atoms with E-state index >= 15 is 0 Å². The first-order valence-corrected chi connectivity index (χ1v) is 5.84. The van der Waals surface area contributed by atoms with Gasteiger partial charge in [0.15, 0.2) is 0 Å². The predicted molar refractivity (Wildman–Crippen MR) is 69.7 cm³/mol. The first kappa shape index (κ1) is 13.0. The zero-order valence-electron chi connectivity index (χ0n) is 10.8. The Labute approximate surface area is 110 Å². The van der Waals surface area contributed by atoms with Crippen molar-refractivity contribution in [2.75, 3.05) is 0 Å². The third-order valence-corrected chi connectivity index (χ3v) is 2.78. The molecular weight excluding hydrogens is 244 g/mol. The number of carbonyl (C=O) groups is 1. The Morgan fingerprint density at radius 1 is 1.32 bits per heavy atom. The van der Waals surface area contributed by atoms with Crippen molar-refractivity contribution in [2.45, 2.75) is 20.3 Å². The zero-order chi connectivity index (χ0) is 13.8. The number of aliphatic carboxylic acids is 1. The average Bonchev–Trinajstić information content (AvgIpc) is 2.79. The van der Waals surface area contributed by atoms with E-state index in [2.05, 4.69) is 23.2 Å². The van der Waals surface area contributed by atoms with E-state index in [1.54, 1.807) is 0 Å². The zero-order valence-corrected chi connectivity index (χ0v) is 10.8. The molecule has 0 saturated heterocycles. The highest BCUT2D eigenvalue weighted by atomic mass is 16.4. The Bertz CT molecular complexity index is 629. The maximum atomic E-state index is 10.4. The molecule has 2 rings (SSSR count). The molecule has 0 saturated carbocycles. The molecule has 0 spiro atoms. The van der Waals surface area contributed by atoms with E-state index < -0.39 is 5.97 Å². The predicted octanol–water partition coefficient (Wildman–Crippen LogP) is 2.38. The summed E-state index contributed by atoms with van der Waals surface area (Å²) in [4.78, 5) is 10.4. The van der Waals surface area contributed by atoms with Gasteiger partial charge in [0.25, 0.3) is 0 Å². The van der Waals surface area contributed by atoms with E-state index in [0.29, 0.717) is 12.3 Å². The third kappa shape index (κ3) is 3.51. The summed E-state index contributed by atoms with van der Waals surface area (Å²) in [7, 11) is 0. The normalized spacial score (nSPS) is 11.1. The molecule has 1 aromatic carbocycles. The van der Waals surface area contributed by atoms with E-state index in [-0.39, 0.29) is 5.89 Å². The van der Waals surface area contributed by atoms with Crippen LogP contribution < -0.4 is 0 Å². The van der Waals surface area contributed by atoms with Crippen molar-refractivity contribution in [1.82, 2.24) is 10.2 Å². The average molecular weight is 258 g/mol. The minimum absolute atomic E-state index is 0.196. The Morgan fingerprint density at radius 3 is 2.79 bits per heavy atom. The fourth-order valence-corrected chi connectivity index (χ4v) is 1.64. The molecule has 0 aliphatic rings. The molecule has 5 nitrogen and oxygen atoms in total. The molecule has 0 radical (unpaired) electrons. The summed E-state index contributed by atoms with van der Waals surface area (Å²) in [5.74, 6) is -0.386. The van der Waals surface area contributed by atoms with Crippen molar-refractivity contribution in [3.8, 4) is 0 Å². The first-order chi connectivity index (χ1) is 9.04. The molecule has 0 atom stereocenters. The smallest absolute Gasteiger partial charge is 0.328 e. The Kier molecular flexibility index (Phi) is 3.75. The van der Waals surface area contributed by atoms with Gasteiger partial charge >= 0.3 is 5.97 Å². The van der Waals surface area contributed by atoms with Crippen molar-refractivity contribution >= 4 is 12.0 Å². The number of rotatable bonds is 4. The van der Waals surface area contributed by atoms with Gasteiger partial charge in [-0.3, -0.25) is 0 Å². The van der Waals surface area contributed by atoms with Crippen LogP contribution in [0.1, 0.15) is 28.5 Å². The number of nitrogens with zero attached hydrogens (tertiary/aromatic N) is 2. The van der Waals surface area contributed by atoms with Gasteiger partial charge in [0.1, 0.15) is 0 Å². The van der Waals surface area contributed by atoms with Gasteiger partial charge in [0.2, 0.25) is 11.8 Å². The highest BCUT2D eigenvalue weighted by Crippen LogP contribution is 2.14. The minimum Gasteiger partial charge on any atom is -0.478 e. The molecule has 0 bridgehead atoms. The molecule has 5 heteroatoms. The molecule has 1 N–H and O–H groups in total. The molecule has 98 valence electrons. The van der Waals surface area contributed by atoms with E-state index in [0.717, 1.165) is 11.6 Å². The molecule has 0 fully saturated rings. The van der Waals surface area contributed by atoms with Crippen LogP contribution in [0.2, 0.25) is 0 Å². The molecular formula is C14H14N2O3. The molecule has 0 unspecified atom stereocenters. The molecule has 1 aromatic heterocycles. The summed E-state index contributed by atoms with van der Waals surface area (Å²) in [5, 5.41) is 16.1. The summed E-state index contributed by atoms with van der Waals surface area (Å²) < 4.78 is 5.34. The van der Waals surface area contributed by atoms with Crippen LogP contribution in [-0.4, -0.2) is 21.3 Å². The lowest BCUT2D eigenvalue weighted by Gasteiger charge is -2.02. The number of carboxylic acids is 1. The van der Waals surface area contributed by atoms with Gasteiger partial charge < -0.3 is 9.52 Å². The van der Waals surface area contributed by atoms with Crippen LogP contribution in [0.25, 0.3) is 6.08 Å². The van der Waals surface area contributed by atoms with E-state index in [1.165, 1.54) is 17.2 Å². The molecule has 2 aromatic rings. The minimum atomic E-state index is -1.05. The fraction of sp³-hybridized carbons (Fsp3) is 0.214. The number of hydrogen-bond donors (Lipinski definition) is 1. The van der Waals surface area contributed by atoms with Crippen LogP contribution in [0.5, 0.6) is 0 Å². The standard InChI is InChI=1S/C14H14N2O3/c1-9-3-4-11(7-10(9)2)8-13-16-15-12(19-13)5-6-14(17)18/h3-7H,8H2,1-2H3,(H,17,18)/b6-5+. The number of hydrogen-bond acceptors (Lipinski definition) is 4. The molecule has 0 aliphatic carbocycles. The second kappa shape index (κ2) is 5.48. The summed E-state index contributed by atoms with van der Waals surface area (Å²) in [6, 6.07) is 6.14. The lowest BCUT2D eigenvalue weighted by molar-refractivity contribution is -0.131. The van der Waals surface area contributed by atoms with E-state index in [4.69, 9.17) is 9.52 Å². The van der Waals surface area contributed by atoms with Gasteiger partial charge in [0.05, 0.1) is 6.42 Å². The maximum absolute atomic E-state index is 10.4. The Hall–Kier alpha value is -2.43. The van der Waals surface area contributed by atoms with Crippen LogP contribution in [0, 0.1) is 13.8 Å². The number of carboxylic acid groups (broad SMARTS) is 1.